The van der Waals surface area contributed by atoms with E-state index in [0.717, 1.165) is 34.4 Å². The van der Waals surface area contributed by atoms with Crippen molar-refractivity contribution >= 4 is 34.1 Å². The van der Waals surface area contributed by atoms with Gasteiger partial charge in [0.05, 0.1) is 5.75 Å². The Morgan fingerprint density at radius 1 is 1.28 bits per heavy atom. The fraction of sp³-hybridized carbons (Fsp3) is 0.500. The molecular weight excluding hydrogens is 352 g/mol. The highest BCUT2D eigenvalue weighted by Gasteiger charge is 2.18. The number of amides is 1. The summed E-state index contributed by atoms with van der Waals surface area (Å²) in [6.45, 7) is 7.80. The number of nitrogens with one attached hydrogen (secondary N) is 1. The number of nitrogens with zero attached hydrogens (tertiary/aromatic N) is 3. The van der Waals surface area contributed by atoms with Crippen LogP contribution in [-0.4, -0.2) is 39.3 Å². The number of carbonyl (C=O) groups excluding carboxylic acids is 1. The fourth-order valence-corrected chi connectivity index (χ4v) is 3.92. The van der Waals surface area contributed by atoms with Gasteiger partial charge in [-0.25, -0.2) is 0 Å². The Hall–Kier alpha value is -1.60. The Morgan fingerprint density at radius 2 is 2.04 bits per heavy atom. The molecule has 1 N–H and O–H groups in total. The van der Waals surface area contributed by atoms with Gasteiger partial charge in [-0.2, -0.15) is 0 Å². The molecule has 0 spiro atoms. The van der Waals surface area contributed by atoms with Gasteiger partial charge in [-0.15, -0.1) is 10.2 Å². The third-order valence-electron chi connectivity index (χ3n) is 3.67. The Labute approximate surface area is 158 Å². The number of benzene rings is 1. The molecule has 1 aromatic heterocycles. The molecule has 0 saturated carbocycles. The van der Waals surface area contributed by atoms with Gasteiger partial charge < -0.3 is 10.2 Å². The molecule has 5 nitrogen and oxygen atoms in total. The van der Waals surface area contributed by atoms with Gasteiger partial charge in [0, 0.05) is 19.1 Å². The number of unbranched alkanes of at least 4 members (excludes halogenated alkanes) is 1. The summed E-state index contributed by atoms with van der Waals surface area (Å²) >= 11 is 2.97. The standard InChI is InChI=1S/C18H26N4OS2/c1-4-5-11-19-17-20-21-18(25-17)24-13-16(23)22(14(2)3)12-15-9-7-6-8-10-15/h6-10,14H,4-5,11-13H2,1-3H3,(H,19,20). The molecule has 1 heterocycles. The van der Waals surface area contributed by atoms with E-state index in [2.05, 4.69) is 34.6 Å². The Bertz CT molecular complexity index is 646. The Kier molecular flexibility index (Phi) is 8.21. The van der Waals surface area contributed by atoms with Gasteiger partial charge in [-0.05, 0) is 25.8 Å². The maximum Gasteiger partial charge on any atom is 0.233 e. The monoisotopic (exact) mass is 378 g/mol. The molecule has 0 saturated heterocycles. The van der Waals surface area contributed by atoms with E-state index in [9.17, 15) is 4.79 Å². The van der Waals surface area contributed by atoms with Gasteiger partial charge in [0.15, 0.2) is 4.34 Å². The van der Waals surface area contributed by atoms with E-state index in [0.29, 0.717) is 12.3 Å². The smallest absolute Gasteiger partial charge is 0.233 e. The van der Waals surface area contributed by atoms with E-state index < -0.39 is 0 Å². The van der Waals surface area contributed by atoms with Crippen LogP contribution in [0.5, 0.6) is 0 Å². The maximum absolute atomic E-state index is 12.6. The molecule has 0 radical (unpaired) electrons. The molecule has 2 rings (SSSR count). The number of thioether (sulfide) groups is 1. The lowest BCUT2D eigenvalue weighted by atomic mass is 10.2. The minimum atomic E-state index is 0.125. The van der Waals surface area contributed by atoms with E-state index in [-0.39, 0.29) is 11.9 Å². The summed E-state index contributed by atoms with van der Waals surface area (Å²) in [5.74, 6) is 0.508. The van der Waals surface area contributed by atoms with Crippen molar-refractivity contribution in [1.82, 2.24) is 15.1 Å². The third-order valence-corrected chi connectivity index (χ3v) is 5.67. The van der Waals surface area contributed by atoms with Crippen LogP contribution in [0.2, 0.25) is 0 Å². The molecule has 0 aliphatic rings. The topological polar surface area (TPSA) is 58.1 Å². The third kappa shape index (κ3) is 6.66. The molecule has 7 heteroatoms. The summed E-state index contributed by atoms with van der Waals surface area (Å²) in [6.07, 6.45) is 2.26. The second kappa shape index (κ2) is 10.4. The van der Waals surface area contributed by atoms with Crippen LogP contribution in [0.25, 0.3) is 0 Å². The molecule has 2 aromatic rings. The zero-order valence-corrected chi connectivity index (χ0v) is 16.7. The fourth-order valence-electron chi connectivity index (χ4n) is 2.26. The van der Waals surface area contributed by atoms with E-state index >= 15 is 0 Å². The first-order valence-electron chi connectivity index (χ1n) is 8.63. The predicted molar refractivity (Wildman–Crippen MR) is 106 cm³/mol. The van der Waals surface area contributed by atoms with E-state index in [1.807, 2.05) is 36.9 Å². The SMILES string of the molecule is CCCCNc1nnc(SCC(=O)N(Cc2ccccc2)C(C)C)s1. The number of rotatable bonds is 10. The first-order valence-corrected chi connectivity index (χ1v) is 10.4. The summed E-state index contributed by atoms with van der Waals surface area (Å²) in [4.78, 5) is 14.5. The van der Waals surface area contributed by atoms with Crippen LogP contribution in [0, 0.1) is 0 Å². The van der Waals surface area contributed by atoms with E-state index in [4.69, 9.17) is 0 Å². The molecule has 0 atom stereocenters. The van der Waals surface area contributed by atoms with Crippen LogP contribution in [0.15, 0.2) is 34.7 Å². The summed E-state index contributed by atoms with van der Waals surface area (Å²) in [7, 11) is 0. The summed E-state index contributed by atoms with van der Waals surface area (Å²) in [5.41, 5.74) is 1.15. The molecule has 0 fully saturated rings. The summed E-state index contributed by atoms with van der Waals surface area (Å²) in [6, 6.07) is 10.3. The highest BCUT2D eigenvalue weighted by molar-refractivity contribution is 8.01. The van der Waals surface area contributed by atoms with Crippen molar-refractivity contribution in [3.05, 3.63) is 35.9 Å². The quantitative estimate of drug-likeness (QED) is 0.494. The lowest BCUT2D eigenvalue weighted by molar-refractivity contribution is -0.130. The zero-order valence-electron chi connectivity index (χ0n) is 15.1. The highest BCUT2D eigenvalue weighted by Crippen LogP contribution is 2.26. The number of aromatic nitrogens is 2. The Balaban J connectivity index is 1.86. The van der Waals surface area contributed by atoms with Crippen molar-refractivity contribution in [2.24, 2.45) is 0 Å². The van der Waals surface area contributed by atoms with Gasteiger partial charge in [0.2, 0.25) is 11.0 Å². The zero-order chi connectivity index (χ0) is 18.1. The normalized spacial score (nSPS) is 10.9. The van der Waals surface area contributed by atoms with Gasteiger partial charge in [-0.1, -0.05) is 66.8 Å². The lowest BCUT2D eigenvalue weighted by Gasteiger charge is -2.26. The van der Waals surface area contributed by atoms with Crippen molar-refractivity contribution in [2.45, 2.75) is 50.5 Å². The first kappa shape index (κ1) is 19.7. The minimum absolute atomic E-state index is 0.125. The average Bonchev–Trinajstić information content (AvgIpc) is 3.06. The number of carbonyl (C=O) groups is 1. The van der Waals surface area contributed by atoms with Crippen LogP contribution in [0.3, 0.4) is 0 Å². The molecule has 25 heavy (non-hydrogen) atoms. The number of anilines is 1. The van der Waals surface area contributed by atoms with E-state index in [1.165, 1.54) is 23.1 Å². The molecule has 0 aliphatic heterocycles. The molecule has 0 unspecified atom stereocenters. The molecule has 1 aromatic carbocycles. The van der Waals surface area contributed by atoms with Gasteiger partial charge in [0.1, 0.15) is 0 Å². The second-order valence-electron chi connectivity index (χ2n) is 6.04. The van der Waals surface area contributed by atoms with Crippen molar-refractivity contribution in [3.8, 4) is 0 Å². The Morgan fingerprint density at radius 3 is 2.72 bits per heavy atom. The highest BCUT2D eigenvalue weighted by atomic mass is 32.2. The van der Waals surface area contributed by atoms with Crippen LogP contribution in [-0.2, 0) is 11.3 Å². The van der Waals surface area contributed by atoms with Crippen LogP contribution >= 0.6 is 23.1 Å². The average molecular weight is 379 g/mol. The van der Waals surface area contributed by atoms with Gasteiger partial charge in [-0.3, -0.25) is 4.79 Å². The van der Waals surface area contributed by atoms with Crippen molar-refractivity contribution < 1.29 is 4.79 Å². The number of hydrogen-bond donors (Lipinski definition) is 1. The van der Waals surface area contributed by atoms with Crippen molar-refractivity contribution in [3.63, 3.8) is 0 Å². The second-order valence-corrected chi connectivity index (χ2v) is 8.24. The predicted octanol–water partition coefficient (Wildman–Crippen LogP) is 4.28. The van der Waals surface area contributed by atoms with Crippen molar-refractivity contribution in [2.75, 3.05) is 17.6 Å². The van der Waals surface area contributed by atoms with Crippen LogP contribution in [0.4, 0.5) is 5.13 Å². The molecule has 0 bridgehead atoms. The summed E-state index contributed by atoms with van der Waals surface area (Å²) in [5, 5.41) is 12.4. The summed E-state index contributed by atoms with van der Waals surface area (Å²) < 4.78 is 0.829. The number of hydrogen-bond acceptors (Lipinski definition) is 6. The molecular formula is C18H26N4OS2. The van der Waals surface area contributed by atoms with Crippen LogP contribution < -0.4 is 5.32 Å². The lowest BCUT2D eigenvalue weighted by Crippen LogP contribution is -2.37. The largest absolute Gasteiger partial charge is 0.360 e. The molecule has 1 amide bonds. The molecule has 0 aliphatic carbocycles. The maximum atomic E-state index is 12.6. The van der Waals surface area contributed by atoms with Gasteiger partial charge >= 0.3 is 0 Å². The van der Waals surface area contributed by atoms with Crippen LogP contribution in [0.1, 0.15) is 39.2 Å². The van der Waals surface area contributed by atoms with Crippen molar-refractivity contribution in [1.29, 1.82) is 0 Å². The minimum Gasteiger partial charge on any atom is -0.360 e. The first-order chi connectivity index (χ1) is 12.1. The van der Waals surface area contributed by atoms with Gasteiger partial charge in [0.25, 0.3) is 0 Å². The molecule has 136 valence electrons. The van der Waals surface area contributed by atoms with E-state index in [1.54, 1.807) is 0 Å².